The summed E-state index contributed by atoms with van der Waals surface area (Å²) >= 11 is 0. The molecule has 3 rings (SSSR count). The van der Waals surface area contributed by atoms with Crippen LogP contribution in [0.4, 0.5) is 0 Å². The van der Waals surface area contributed by atoms with Crippen LogP contribution in [0.3, 0.4) is 0 Å². The van der Waals surface area contributed by atoms with E-state index in [4.69, 9.17) is 9.47 Å². The van der Waals surface area contributed by atoms with Crippen molar-refractivity contribution in [2.24, 2.45) is 0 Å². The van der Waals surface area contributed by atoms with Crippen molar-refractivity contribution in [3.8, 4) is 11.5 Å². The summed E-state index contributed by atoms with van der Waals surface area (Å²) in [6.07, 6.45) is 1.99. The van der Waals surface area contributed by atoms with Crippen LogP contribution in [0, 0.1) is 6.92 Å². The summed E-state index contributed by atoms with van der Waals surface area (Å²) in [5.41, 5.74) is 6.77. The number of methoxy groups -OCH3 is 1. The van der Waals surface area contributed by atoms with E-state index in [9.17, 15) is 0 Å². The molecule has 30 heavy (non-hydrogen) atoms. The first kappa shape index (κ1) is 22.6. The van der Waals surface area contributed by atoms with Gasteiger partial charge in [0.25, 0.3) is 0 Å². The molecule has 0 saturated carbocycles. The summed E-state index contributed by atoms with van der Waals surface area (Å²) < 4.78 is 11.8. The molecule has 4 heteroatoms. The minimum absolute atomic E-state index is 0.124. The van der Waals surface area contributed by atoms with Gasteiger partial charge in [-0.1, -0.05) is 44.5 Å². The number of aryl methyl sites for hydroxylation is 1. The first-order valence-corrected chi connectivity index (χ1v) is 11.0. The molecule has 1 unspecified atom stereocenters. The molecule has 1 N–H and O–H groups in total. The van der Waals surface area contributed by atoms with Crippen molar-refractivity contribution in [2.45, 2.75) is 52.0 Å². The second-order valence-corrected chi connectivity index (χ2v) is 9.73. The fraction of sp³-hybridized carbons (Fsp3) is 0.538. The minimum atomic E-state index is 0.124. The summed E-state index contributed by atoms with van der Waals surface area (Å²) in [4.78, 5) is 2.18. The van der Waals surface area contributed by atoms with Gasteiger partial charge in [-0.25, -0.2) is 0 Å². The van der Waals surface area contributed by atoms with E-state index in [0.717, 1.165) is 37.4 Å². The van der Waals surface area contributed by atoms with Gasteiger partial charge in [0.1, 0.15) is 0 Å². The Morgan fingerprint density at radius 2 is 1.83 bits per heavy atom. The first-order chi connectivity index (χ1) is 14.2. The number of fused-ring (bicyclic) bond motifs is 1. The second kappa shape index (κ2) is 9.40. The van der Waals surface area contributed by atoms with Gasteiger partial charge in [0, 0.05) is 13.1 Å². The third-order valence-electron chi connectivity index (χ3n) is 5.79. The van der Waals surface area contributed by atoms with E-state index in [1.165, 1.54) is 27.8 Å². The molecular weight excluding hydrogens is 372 g/mol. The third kappa shape index (κ3) is 5.35. The Morgan fingerprint density at radius 1 is 1.07 bits per heavy atom. The molecule has 1 aliphatic rings. The quantitative estimate of drug-likeness (QED) is 0.661. The molecule has 1 aliphatic heterocycles. The zero-order valence-corrected chi connectivity index (χ0v) is 19.8. The fourth-order valence-electron chi connectivity index (χ4n) is 4.11. The number of benzene rings is 2. The summed E-state index contributed by atoms with van der Waals surface area (Å²) in [5.74, 6) is 1.67. The number of nitrogens with zero attached hydrogens (tertiary/aromatic N) is 1. The van der Waals surface area contributed by atoms with Gasteiger partial charge in [0.05, 0.1) is 19.8 Å². The smallest absolute Gasteiger partial charge is 0.161 e. The summed E-state index contributed by atoms with van der Waals surface area (Å²) in [7, 11) is 5.90. The Balaban J connectivity index is 1.95. The molecule has 2 aromatic rings. The Labute approximate surface area is 182 Å². The molecule has 0 bridgehead atoms. The van der Waals surface area contributed by atoms with Crippen molar-refractivity contribution in [3.05, 3.63) is 58.1 Å². The van der Waals surface area contributed by atoms with E-state index in [1.807, 2.05) is 0 Å². The normalized spacial score (nSPS) is 16.5. The van der Waals surface area contributed by atoms with Crippen LogP contribution >= 0.6 is 0 Å². The van der Waals surface area contributed by atoms with Crippen molar-refractivity contribution in [1.82, 2.24) is 10.2 Å². The highest BCUT2D eigenvalue weighted by molar-refractivity contribution is 5.52. The van der Waals surface area contributed by atoms with E-state index >= 15 is 0 Å². The maximum atomic E-state index is 6.15. The molecular formula is C26H38N2O2. The van der Waals surface area contributed by atoms with Crippen molar-refractivity contribution < 1.29 is 9.47 Å². The van der Waals surface area contributed by atoms with Gasteiger partial charge in [-0.2, -0.15) is 0 Å². The predicted molar refractivity (Wildman–Crippen MR) is 125 cm³/mol. The number of rotatable bonds is 7. The Hall–Kier alpha value is -2.04. The van der Waals surface area contributed by atoms with Crippen LogP contribution in [0.5, 0.6) is 11.5 Å². The summed E-state index contributed by atoms with van der Waals surface area (Å²) in [6.45, 7) is 11.7. The van der Waals surface area contributed by atoms with Gasteiger partial charge in [0.2, 0.25) is 0 Å². The van der Waals surface area contributed by atoms with Crippen molar-refractivity contribution in [1.29, 1.82) is 0 Å². The molecule has 0 saturated heterocycles. The topological polar surface area (TPSA) is 33.7 Å². The number of ether oxygens (including phenoxy) is 2. The van der Waals surface area contributed by atoms with Gasteiger partial charge in [-0.3, -0.25) is 0 Å². The molecule has 4 nitrogen and oxygen atoms in total. The monoisotopic (exact) mass is 410 g/mol. The van der Waals surface area contributed by atoms with Gasteiger partial charge < -0.3 is 19.7 Å². The lowest BCUT2D eigenvalue weighted by Crippen LogP contribution is -2.31. The molecule has 2 aromatic carbocycles. The van der Waals surface area contributed by atoms with Crippen molar-refractivity contribution in [3.63, 3.8) is 0 Å². The van der Waals surface area contributed by atoms with Crippen LogP contribution in [-0.4, -0.2) is 45.8 Å². The molecule has 0 radical (unpaired) electrons. The lowest BCUT2D eigenvalue weighted by atomic mass is 9.82. The van der Waals surface area contributed by atoms with Gasteiger partial charge in [0.15, 0.2) is 11.5 Å². The maximum Gasteiger partial charge on any atom is 0.161 e. The number of hydrogen-bond donors (Lipinski definition) is 1. The predicted octanol–water partition coefficient (Wildman–Crippen LogP) is 4.87. The zero-order chi connectivity index (χ0) is 21.9. The van der Waals surface area contributed by atoms with E-state index in [-0.39, 0.29) is 11.5 Å². The fourth-order valence-corrected chi connectivity index (χ4v) is 4.11. The van der Waals surface area contributed by atoms with Crippen molar-refractivity contribution in [2.75, 3.05) is 40.9 Å². The zero-order valence-electron chi connectivity index (χ0n) is 19.8. The first-order valence-electron chi connectivity index (χ1n) is 11.0. The summed E-state index contributed by atoms with van der Waals surface area (Å²) in [5, 5.41) is 3.74. The van der Waals surface area contributed by atoms with Gasteiger partial charge in [-0.15, -0.1) is 0 Å². The van der Waals surface area contributed by atoms with Gasteiger partial charge >= 0.3 is 0 Å². The lowest BCUT2D eigenvalue weighted by Gasteiger charge is -2.30. The highest BCUT2D eigenvalue weighted by atomic mass is 16.5. The highest BCUT2D eigenvalue weighted by Gasteiger charge is 2.25. The van der Waals surface area contributed by atoms with Crippen LogP contribution in [0.15, 0.2) is 30.3 Å². The molecule has 0 fully saturated rings. The van der Waals surface area contributed by atoms with Crippen LogP contribution in [0.25, 0.3) is 0 Å². The molecule has 0 spiro atoms. The second-order valence-electron chi connectivity index (χ2n) is 9.73. The van der Waals surface area contributed by atoms with Crippen LogP contribution < -0.4 is 14.8 Å². The lowest BCUT2D eigenvalue weighted by molar-refractivity contribution is 0.267. The average molecular weight is 411 g/mol. The molecule has 0 amide bonds. The Kier molecular flexibility index (Phi) is 7.10. The van der Waals surface area contributed by atoms with Crippen LogP contribution in [-0.2, 0) is 11.8 Å². The van der Waals surface area contributed by atoms with E-state index in [1.54, 1.807) is 7.11 Å². The Bertz CT molecular complexity index is 868. The third-order valence-corrected chi connectivity index (χ3v) is 5.79. The standard InChI is InChI=1S/C26H38N2O2/c1-18-13-20(15-21(14-18)26(2,3)4)25-22-17-24(30-12-8-11-28(5)6)23(29-7)16-19(22)9-10-27-25/h13-17,25,27H,8-12H2,1-7H3. The molecule has 1 heterocycles. The number of nitrogens with one attached hydrogen (secondary N) is 1. The minimum Gasteiger partial charge on any atom is -0.493 e. The van der Waals surface area contributed by atoms with Gasteiger partial charge in [-0.05, 0) is 73.7 Å². The van der Waals surface area contributed by atoms with E-state index in [0.29, 0.717) is 6.61 Å². The number of hydrogen-bond acceptors (Lipinski definition) is 4. The summed E-state index contributed by atoms with van der Waals surface area (Å²) in [6, 6.07) is 11.5. The molecule has 164 valence electrons. The molecule has 1 atom stereocenters. The Morgan fingerprint density at radius 3 is 2.50 bits per heavy atom. The molecule has 0 aromatic heterocycles. The van der Waals surface area contributed by atoms with Crippen molar-refractivity contribution >= 4 is 0 Å². The average Bonchev–Trinajstić information content (AvgIpc) is 2.68. The molecule has 0 aliphatic carbocycles. The van der Waals surface area contributed by atoms with E-state index < -0.39 is 0 Å². The van der Waals surface area contributed by atoms with E-state index in [2.05, 4.69) is 82.3 Å². The SMILES string of the molecule is COc1cc2c(cc1OCCCN(C)C)C(c1cc(C)cc(C(C)(C)C)c1)NCC2. The van der Waals surface area contributed by atoms with Crippen LogP contribution in [0.1, 0.15) is 61.1 Å². The highest BCUT2D eigenvalue weighted by Crippen LogP contribution is 2.38. The maximum absolute atomic E-state index is 6.15. The largest absolute Gasteiger partial charge is 0.493 e. The van der Waals surface area contributed by atoms with Crippen LogP contribution in [0.2, 0.25) is 0 Å².